The molecule has 1 aromatic heterocycles. The summed E-state index contributed by atoms with van der Waals surface area (Å²) < 4.78 is 6.59. The van der Waals surface area contributed by atoms with Crippen molar-refractivity contribution in [3.05, 3.63) is 28.7 Å². The molecule has 4 rings (SSSR count). The van der Waals surface area contributed by atoms with E-state index in [1.165, 1.54) is 4.57 Å². The van der Waals surface area contributed by atoms with Gasteiger partial charge in [-0.05, 0) is 43.2 Å². The van der Waals surface area contributed by atoms with Crippen LogP contribution in [-0.4, -0.2) is 16.5 Å². The summed E-state index contributed by atoms with van der Waals surface area (Å²) in [7, 11) is 1.65. The topological polar surface area (TPSA) is 90.3 Å². The number of aryl methyl sites for hydroxylation is 1. The summed E-state index contributed by atoms with van der Waals surface area (Å²) in [6, 6.07) is 5.22. The Balaban J connectivity index is 0.00000156. The fourth-order valence-electron chi connectivity index (χ4n) is 4.16. The van der Waals surface area contributed by atoms with Gasteiger partial charge in [-0.2, -0.15) is 0 Å². The van der Waals surface area contributed by atoms with Crippen molar-refractivity contribution >= 4 is 35.1 Å². The van der Waals surface area contributed by atoms with Crippen LogP contribution in [0.5, 0.6) is 0 Å². The molecule has 4 atom stereocenters. The SMILES string of the molecule is Cl.Cn1c(=O)oc2cc(NC(=O)C3C4CCC(C4)C3N)ccc21. The monoisotopic (exact) mass is 337 g/mol. The summed E-state index contributed by atoms with van der Waals surface area (Å²) in [5, 5.41) is 2.93. The summed E-state index contributed by atoms with van der Waals surface area (Å²) in [6.07, 6.45) is 3.33. The van der Waals surface area contributed by atoms with E-state index < -0.39 is 5.76 Å². The number of hydrogen-bond donors (Lipinski definition) is 2. The first kappa shape index (κ1) is 16.1. The molecule has 0 saturated heterocycles. The van der Waals surface area contributed by atoms with Crippen molar-refractivity contribution in [3.63, 3.8) is 0 Å². The number of rotatable bonds is 2. The Morgan fingerprint density at radius 1 is 1.35 bits per heavy atom. The van der Waals surface area contributed by atoms with E-state index in [4.69, 9.17) is 10.2 Å². The molecular weight excluding hydrogens is 318 g/mol. The van der Waals surface area contributed by atoms with Crippen molar-refractivity contribution in [2.45, 2.75) is 25.3 Å². The lowest BCUT2D eigenvalue weighted by atomic mass is 9.84. The number of anilines is 1. The van der Waals surface area contributed by atoms with Crippen LogP contribution in [0.2, 0.25) is 0 Å². The number of nitrogens with zero attached hydrogens (tertiary/aromatic N) is 1. The van der Waals surface area contributed by atoms with E-state index in [9.17, 15) is 9.59 Å². The molecular formula is C16H20ClN3O3. The zero-order valence-corrected chi connectivity index (χ0v) is 13.6. The van der Waals surface area contributed by atoms with Crippen LogP contribution in [0.25, 0.3) is 11.1 Å². The van der Waals surface area contributed by atoms with Gasteiger partial charge in [-0.15, -0.1) is 12.4 Å². The minimum atomic E-state index is -0.409. The molecule has 1 amide bonds. The van der Waals surface area contributed by atoms with Gasteiger partial charge in [0.2, 0.25) is 5.91 Å². The number of carbonyl (C=O) groups excluding carboxylic acids is 1. The van der Waals surface area contributed by atoms with Crippen molar-refractivity contribution in [1.29, 1.82) is 0 Å². The molecule has 1 aromatic carbocycles. The van der Waals surface area contributed by atoms with Crippen LogP contribution in [-0.2, 0) is 11.8 Å². The molecule has 0 aliphatic heterocycles. The lowest BCUT2D eigenvalue weighted by Gasteiger charge is -2.26. The molecule has 2 fully saturated rings. The summed E-state index contributed by atoms with van der Waals surface area (Å²) in [6.45, 7) is 0. The number of oxazole rings is 1. The largest absolute Gasteiger partial charge is 0.419 e. The summed E-state index contributed by atoms with van der Waals surface area (Å²) in [4.78, 5) is 24.0. The average molecular weight is 338 g/mol. The Morgan fingerprint density at radius 2 is 2.09 bits per heavy atom. The van der Waals surface area contributed by atoms with Gasteiger partial charge in [-0.3, -0.25) is 9.36 Å². The van der Waals surface area contributed by atoms with Gasteiger partial charge in [-0.1, -0.05) is 0 Å². The number of carbonyl (C=O) groups is 1. The lowest BCUT2D eigenvalue weighted by molar-refractivity contribution is -0.121. The Bertz CT molecular complexity index is 810. The van der Waals surface area contributed by atoms with Crippen molar-refractivity contribution in [3.8, 4) is 0 Å². The average Bonchev–Trinajstić information content (AvgIpc) is 3.14. The van der Waals surface area contributed by atoms with E-state index in [0.717, 1.165) is 19.3 Å². The summed E-state index contributed by atoms with van der Waals surface area (Å²) >= 11 is 0. The van der Waals surface area contributed by atoms with Crippen molar-refractivity contribution in [1.82, 2.24) is 4.57 Å². The normalized spacial score (nSPS) is 28.8. The fourth-order valence-corrected chi connectivity index (χ4v) is 4.16. The van der Waals surface area contributed by atoms with E-state index >= 15 is 0 Å². The van der Waals surface area contributed by atoms with Gasteiger partial charge in [-0.25, -0.2) is 4.79 Å². The summed E-state index contributed by atoms with van der Waals surface area (Å²) in [5.41, 5.74) is 8.03. The van der Waals surface area contributed by atoms with Gasteiger partial charge in [0.1, 0.15) is 0 Å². The van der Waals surface area contributed by atoms with Gasteiger partial charge >= 0.3 is 5.76 Å². The molecule has 0 radical (unpaired) electrons. The van der Waals surface area contributed by atoms with Gasteiger partial charge in [0.05, 0.1) is 11.4 Å². The number of aromatic nitrogens is 1. The Labute approximate surface area is 139 Å². The van der Waals surface area contributed by atoms with E-state index in [-0.39, 0.29) is 30.3 Å². The van der Waals surface area contributed by atoms with Crippen LogP contribution >= 0.6 is 12.4 Å². The highest BCUT2D eigenvalue weighted by Gasteiger charge is 2.49. The highest BCUT2D eigenvalue weighted by atomic mass is 35.5. The number of nitrogens with one attached hydrogen (secondary N) is 1. The van der Waals surface area contributed by atoms with Gasteiger partial charge in [0.25, 0.3) is 0 Å². The highest BCUT2D eigenvalue weighted by Crippen LogP contribution is 2.47. The van der Waals surface area contributed by atoms with E-state index in [1.807, 2.05) is 0 Å². The minimum absolute atomic E-state index is 0. The number of hydrogen-bond acceptors (Lipinski definition) is 4. The lowest BCUT2D eigenvalue weighted by Crippen LogP contribution is -2.42. The molecule has 1 heterocycles. The quantitative estimate of drug-likeness (QED) is 0.875. The summed E-state index contributed by atoms with van der Waals surface area (Å²) in [5.74, 6) is 0.386. The first-order chi connectivity index (χ1) is 10.5. The number of nitrogens with two attached hydrogens (primary N) is 1. The number of benzene rings is 1. The van der Waals surface area contributed by atoms with Crippen LogP contribution in [0.3, 0.4) is 0 Å². The van der Waals surface area contributed by atoms with E-state index in [1.54, 1.807) is 25.2 Å². The second-order valence-corrected chi connectivity index (χ2v) is 6.54. The fraction of sp³-hybridized carbons (Fsp3) is 0.500. The predicted octanol–water partition coefficient (Wildman–Crippen LogP) is 1.87. The smallest absolute Gasteiger partial charge is 0.408 e. The minimum Gasteiger partial charge on any atom is -0.408 e. The Hall–Kier alpha value is -1.79. The molecule has 2 aliphatic rings. The standard InChI is InChI=1S/C16H19N3O3.ClH/c1-19-11-5-4-10(7-12(11)22-16(19)21)18-15(20)13-8-2-3-9(6-8)14(13)17;/h4-5,7-9,13-14H,2-3,6,17H2,1H3,(H,18,20);1H. The van der Waals surface area contributed by atoms with Crippen LogP contribution in [0, 0.1) is 17.8 Å². The van der Waals surface area contributed by atoms with Crippen LogP contribution in [0.4, 0.5) is 5.69 Å². The first-order valence-electron chi connectivity index (χ1n) is 7.70. The molecule has 2 bridgehead atoms. The third-order valence-corrected chi connectivity index (χ3v) is 5.34. The Morgan fingerprint density at radius 3 is 2.78 bits per heavy atom. The molecule has 2 saturated carbocycles. The van der Waals surface area contributed by atoms with Gasteiger partial charge in [0, 0.05) is 24.8 Å². The maximum atomic E-state index is 12.5. The molecule has 4 unspecified atom stereocenters. The molecule has 2 aromatic rings. The van der Waals surface area contributed by atoms with E-state index in [0.29, 0.717) is 28.6 Å². The number of fused-ring (bicyclic) bond motifs is 3. The second kappa shape index (κ2) is 5.69. The zero-order valence-electron chi connectivity index (χ0n) is 12.8. The van der Waals surface area contributed by atoms with Gasteiger partial charge < -0.3 is 15.5 Å². The van der Waals surface area contributed by atoms with Crippen LogP contribution in [0.1, 0.15) is 19.3 Å². The molecule has 2 aliphatic carbocycles. The highest BCUT2D eigenvalue weighted by molar-refractivity contribution is 5.95. The number of amides is 1. The molecule has 0 spiro atoms. The Kier molecular flexibility index (Phi) is 3.98. The van der Waals surface area contributed by atoms with E-state index in [2.05, 4.69) is 5.32 Å². The predicted molar refractivity (Wildman–Crippen MR) is 89.6 cm³/mol. The third kappa shape index (κ3) is 2.46. The maximum Gasteiger partial charge on any atom is 0.419 e. The molecule has 6 nitrogen and oxygen atoms in total. The number of halogens is 1. The second-order valence-electron chi connectivity index (χ2n) is 6.54. The maximum absolute atomic E-state index is 12.5. The molecule has 3 N–H and O–H groups in total. The first-order valence-corrected chi connectivity index (χ1v) is 7.70. The molecule has 23 heavy (non-hydrogen) atoms. The van der Waals surface area contributed by atoms with Crippen LogP contribution < -0.4 is 16.8 Å². The zero-order chi connectivity index (χ0) is 15.4. The molecule has 124 valence electrons. The van der Waals surface area contributed by atoms with Crippen molar-refractivity contribution < 1.29 is 9.21 Å². The van der Waals surface area contributed by atoms with Crippen molar-refractivity contribution in [2.75, 3.05) is 5.32 Å². The van der Waals surface area contributed by atoms with Crippen molar-refractivity contribution in [2.24, 2.45) is 30.5 Å². The van der Waals surface area contributed by atoms with Crippen LogP contribution in [0.15, 0.2) is 27.4 Å². The molecule has 7 heteroatoms. The van der Waals surface area contributed by atoms with Gasteiger partial charge in [0.15, 0.2) is 5.58 Å². The third-order valence-electron chi connectivity index (χ3n) is 5.34.